The Hall–Kier alpha value is -2.63. The van der Waals surface area contributed by atoms with Crippen molar-refractivity contribution in [2.24, 2.45) is 0 Å². The Kier molecular flexibility index (Phi) is 4.71. The molecule has 2 heterocycles. The van der Waals surface area contributed by atoms with Crippen molar-refractivity contribution in [1.29, 1.82) is 0 Å². The first kappa shape index (κ1) is 15.3. The highest BCUT2D eigenvalue weighted by Crippen LogP contribution is 2.27. The van der Waals surface area contributed by atoms with Gasteiger partial charge >= 0.3 is 6.03 Å². The lowest BCUT2D eigenvalue weighted by molar-refractivity contribution is 0.235. The van der Waals surface area contributed by atoms with Crippen LogP contribution in [0.1, 0.15) is 35.8 Å². The molecule has 1 aliphatic rings. The van der Waals surface area contributed by atoms with Crippen LogP contribution < -0.4 is 16.2 Å². The van der Waals surface area contributed by atoms with E-state index in [9.17, 15) is 9.59 Å². The van der Waals surface area contributed by atoms with Gasteiger partial charge in [0.15, 0.2) is 0 Å². The lowest BCUT2D eigenvalue weighted by Gasteiger charge is -2.25. The number of carbonyl (C=O) groups is 1. The van der Waals surface area contributed by atoms with E-state index in [4.69, 9.17) is 0 Å². The topological polar surface area (TPSA) is 86.9 Å². The minimum Gasteiger partial charge on any atom is -0.338 e. The third-order valence-corrected chi connectivity index (χ3v) is 4.03. The molecule has 6 nitrogen and oxygen atoms in total. The summed E-state index contributed by atoms with van der Waals surface area (Å²) in [5.41, 5.74) is 2.80. The van der Waals surface area contributed by atoms with Gasteiger partial charge in [0.1, 0.15) is 0 Å². The first-order chi connectivity index (χ1) is 11.2. The van der Waals surface area contributed by atoms with Crippen molar-refractivity contribution in [1.82, 2.24) is 20.6 Å². The van der Waals surface area contributed by atoms with Crippen molar-refractivity contribution in [2.45, 2.75) is 31.7 Å². The van der Waals surface area contributed by atoms with Crippen molar-refractivity contribution in [3.05, 3.63) is 63.8 Å². The second-order valence-electron chi connectivity index (χ2n) is 5.67. The van der Waals surface area contributed by atoms with Crippen LogP contribution in [0.15, 0.2) is 41.3 Å². The number of nitrogens with one attached hydrogen (secondary N) is 3. The van der Waals surface area contributed by atoms with Crippen LogP contribution in [0.25, 0.3) is 0 Å². The van der Waals surface area contributed by atoms with Crippen LogP contribution in [0, 0.1) is 0 Å². The number of H-pyrrole nitrogens is 1. The molecule has 3 rings (SSSR count). The number of urea groups is 1. The highest BCUT2D eigenvalue weighted by atomic mass is 16.2. The number of hydrogen-bond donors (Lipinski definition) is 3. The first-order valence-corrected chi connectivity index (χ1v) is 7.89. The van der Waals surface area contributed by atoms with Gasteiger partial charge in [-0.3, -0.25) is 9.78 Å². The van der Waals surface area contributed by atoms with Gasteiger partial charge < -0.3 is 15.6 Å². The van der Waals surface area contributed by atoms with Crippen molar-refractivity contribution in [2.75, 3.05) is 6.54 Å². The Morgan fingerprint density at radius 2 is 2.22 bits per heavy atom. The lowest BCUT2D eigenvalue weighted by Crippen LogP contribution is -2.40. The highest BCUT2D eigenvalue weighted by Gasteiger charge is 2.22. The number of hydrogen-bond acceptors (Lipinski definition) is 3. The number of rotatable bonds is 4. The fraction of sp³-hybridized carbons (Fsp3) is 0.353. The molecule has 1 atom stereocenters. The minimum atomic E-state index is -0.190. The summed E-state index contributed by atoms with van der Waals surface area (Å²) in [5.74, 6) is 0. The number of pyridine rings is 2. The second kappa shape index (κ2) is 7.09. The number of aromatic nitrogens is 2. The highest BCUT2D eigenvalue weighted by molar-refractivity contribution is 5.74. The summed E-state index contributed by atoms with van der Waals surface area (Å²) in [7, 11) is 0. The van der Waals surface area contributed by atoms with Crippen molar-refractivity contribution in [3.63, 3.8) is 0 Å². The average molecular weight is 312 g/mol. The molecule has 6 heteroatoms. The van der Waals surface area contributed by atoms with E-state index < -0.39 is 0 Å². The molecule has 3 N–H and O–H groups in total. The van der Waals surface area contributed by atoms with Gasteiger partial charge in [-0.25, -0.2) is 4.79 Å². The van der Waals surface area contributed by atoms with Crippen LogP contribution in [0.5, 0.6) is 0 Å². The van der Waals surface area contributed by atoms with E-state index in [1.165, 1.54) is 6.07 Å². The second-order valence-corrected chi connectivity index (χ2v) is 5.67. The van der Waals surface area contributed by atoms with Gasteiger partial charge in [0.25, 0.3) is 0 Å². The predicted molar refractivity (Wildman–Crippen MR) is 87.2 cm³/mol. The molecule has 1 aliphatic carbocycles. The molecule has 0 saturated carbocycles. The zero-order valence-corrected chi connectivity index (χ0v) is 12.8. The number of carbonyl (C=O) groups excluding carboxylic acids is 1. The molecule has 23 heavy (non-hydrogen) atoms. The standard InChI is InChI=1S/C17H20N4O2/c22-16-8-7-13-14(20-16)5-3-6-15(13)21-17(23)19-11-9-12-4-1-2-10-18-12/h1-2,4,7-8,10,15H,3,5-6,9,11H2,(H,20,22)(H2,19,21,23)/t15-/m0/s1. The predicted octanol–water partition coefficient (Wildman–Crippen LogP) is 1.69. The average Bonchev–Trinajstić information content (AvgIpc) is 2.56. The van der Waals surface area contributed by atoms with E-state index in [1.54, 1.807) is 6.20 Å². The van der Waals surface area contributed by atoms with E-state index in [-0.39, 0.29) is 17.6 Å². The fourth-order valence-electron chi connectivity index (χ4n) is 2.91. The maximum absolute atomic E-state index is 12.1. The van der Waals surface area contributed by atoms with Crippen LogP contribution in [0.2, 0.25) is 0 Å². The minimum absolute atomic E-state index is 0.0505. The Morgan fingerprint density at radius 3 is 3.04 bits per heavy atom. The van der Waals surface area contributed by atoms with Crippen LogP contribution in [0.3, 0.4) is 0 Å². The van der Waals surface area contributed by atoms with Crippen molar-refractivity contribution >= 4 is 6.03 Å². The SMILES string of the molecule is O=C(NCCc1ccccn1)N[C@H]1CCCc2[nH]c(=O)ccc21. The Labute approximate surface area is 134 Å². The van der Waals surface area contributed by atoms with E-state index >= 15 is 0 Å². The smallest absolute Gasteiger partial charge is 0.315 e. The molecular formula is C17H20N4O2. The number of amides is 2. The maximum atomic E-state index is 12.1. The molecule has 0 spiro atoms. The molecule has 0 bridgehead atoms. The summed E-state index contributed by atoms with van der Waals surface area (Å²) in [6, 6.07) is 8.82. The van der Waals surface area contributed by atoms with Crippen LogP contribution in [-0.2, 0) is 12.8 Å². The lowest BCUT2D eigenvalue weighted by atomic mass is 9.91. The first-order valence-electron chi connectivity index (χ1n) is 7.89. The molecule has 2 amide bonds. The van der Waals surface area contributed by atoms with Gasteiger partial charge in [0, 0.05) is 36.6 Å². The Morgan fingerprint density at radius 1 is 1.30 bits per heavy atom. The summed E-state index contributed by atoms with van der Waals surface area (Å²) >= 11 is 0. The van der Waals surface area contributed by atoms with E-state index in [2.05, 4.69) is 20.6 Å². The summed E-state index contributed by atoms with van der Waals surface area (Å²) in [6.07, 6.45) is 5.13. The Balaban J connectivity index is 1.54. The number of aryl methyl sites for hydroxylation is 1. The molecule has 0 unspecified atom stereocenters. The molecular weight excluding hydrogens is 292 g/mol. The zero-order valence-electron chi connectivity index (χ0n) is 12.8. The third kappa shape index (κ3) is 3.97. The quantitative estimate of drug-likeness (QED) is 0.803. The van der Waals surface area contributed by atoms with Gasteiger partial charge in [-0.2, -0.15) is 0 Å². The van der Waals surface area contributed by atoms with Gasteiger partial charge in [-0.15, -0.1) is 0 Å². The van der Waals surface area contributed by atoms with Gasteiger partial charge in [0.2, 0.25) is 5.56 Å². The number of aromatic amines is 1. The number of fused-ring (bicyclic) bond motifs is 1. The largest absolute Gasteiger partial charge is 0.338 e. The maximum Gasteiger partial charge on any atom is 0.315 e. The molecule has 2 aromatic rings. The number of nitrogens with zero attached hydrogens (tertiary/aromatic N) is 1. The molecule has 0 aliphatic heterocycles. The molecule has 2 aromatic heterocycles. The van der Waals surface area contributed by atoms with Crippen molar-refractivity contribution < 1.29 is 4.79 Å². The van der Waals surface area contributed by atoms with E-state index in [0.717, 1.165) is 36.2 Å². The van der Waals surface area contributed by atoms with Crippen LogP contribution in [-0.4, -0.2) is 22.5 Å². The molecule has 120 valence electrons. The fourth-order valence-corrected chi connectivity index (χ4v) is 2.91. The molecule has 0 radical (unpaired) electrons. The summed E-state index contributed by atoms with van der Waals surface area (Å²) in [4.78, 5) is 30.5. The van der Waals surface area contributed by atoms with Crippen molar-refractivity contribution in [3.8, 4) is 0 Å². The van der Waals surface area contributed by atoms with Gasteiger partial charge in [0.05, 0.1) is 6.04 Å². The van der Waals surface area contributed by atoms with Gasteiger partial charge in [-0.05, 0) is 43.0 Å². The summed E-state index contributed by atoms with van der Waals surface area (Å²) < 4.78 is 0. The van der Waals surface area contributed by atoms with Crippen LogP contribution in [0.4, 0.5) is 4.79 Å². The summed E-state index contributed by atoms with van der Waals surface area (Å²) in [6.45, 7) is 0.536. The normalized spacial score (nSPS) is 16.4. The summed E-state index contributed by atoms with van der Waals surface area (Å²) in [5, 5.41) is 5.85. The van der Waals surface area contributed by atoms with Gasteiger partial charge in [-0.1, -0.05) is 6.07 Å². The monoisotopic (exact) mass is 312 g/mol. The molecule has 0 saturated heterocycles. The third-order valence-electron chi connectivity index (χ3n) is 4.03. The van der Waals surface area contributed by atoms with Crippen LogP contribution >= 0.6 is 0 Å². The molecule has 0 fully saturated rings. The Bertz CT molecular complexity index is 727. The zero-order chi connectivity index (χ0) is 16.1. The van der Waals surface area contributed by atoms with E-state index in [1.807, 2.05) is 24.3 Å². The molecule has 0 aromatic carbocycles. The van der Waals surface area contributed by atoms with E-state index in [0.29, 0.717) is 13.0 Å².